The topological polar surface area (TPSA) is 17.1 Å². The van der Waals surface area contributed by atoms with Crippen molar-refractivity contribution in [1.82, 2.24) is 0 Å². The maximum atomic E-state index is 11.9. The third-order valence-corrected chi connectivity index (χ3v) is 2.70. The summed E-state index contributed by atoms with van der Waals surface area (Å²) in [5.41, 5.74) is 1.68. The van der Waals surface area contributed by atoms with Crippen LogP contribution >= 0.6 is 0 Å². The summed E-state index contributed by atoms with van der Waals surface area (Å²) in [4.78, 5) is 11.9. The van der Waals surface area contributed by atoms with Crippen LogP contribution in [0.4, 0.5) is 0 Å². The minimum absolute atomic E-state index is 0.163. The van der Waals surface area contributed by atoms with Crippen LogP contribution in [0.25, 0.3) is 11.6 Å². The van der Waals surface area contributed by atoms with Crippen LogP contribution in [-0.4, -0.2) is 5.78 Å². The van der Waals surface area contributed by atoms with Gasteiger partial charge in [-0.05, 0) is 29.9 Å². The molecule has 1 heteroatoms. The van der Waals surface area contributed by atoms with Crippen molar-refractivity contribution < 1.29 is 4.79 Å². The number of benzene rings is 1. The number of carbonyl (C=O) groups excluding carboxylic acids is 1. The van der Waals surface area contributed by atoms with Crippen LogP contribution in [0.15, 0.2) is 35.9 Å². The first-order valence-corrected chi connectivity index (χ1v) is 5.26. The van der Waals surface area contributed by atoms with Gasteiger partial charge in [0, 0.05) is 11.1 Å². The number of Topliss-reactive ketones (excluding diaryl/α,β-unsaturated/α-hetero) is 1. The largest absolute Gasteiger partial charge is 0.289 e. The summed E-state index contributed by atoms with van der Waals surface area (Å²) in [6.07, 6.45) is 4.86. The second-order valence-electron chi connectivity index (χ2n) is 3.75. The third kappa shape index (κ3) is 1.65. The van der Waals surface area contributed by atoms with E-state index in [0.717, 1.165) is 28.0 Å². The highest BCUT2D eigenvalue weighted by molar-refractivity contribution is 6.27. The summed E-state index contributed by atoms with van der Waals surface area (Å²) in [7, 11) is 0. The molecule has 1 aromatic carbocycles. The van der Waals surface area contributed by atoms with Gasteiger partial charge in [-0.25, -0.2) is 0 Å². The third-order valence-electron chi connectivity index (χ3n) is 2.70. The average Bonchev–Trinajstić information content (AvgIpc) is 2.26. The molecule has 15 heavy (non-hydrogen) atoms. The van der Waals surface area contributed by atoms with Crippen molar-refractivity contribution in [2.24, 2.45) is 0 Å². The van der Waals surface area contributed by atoms with E-state index in [1.54, 1.807) is 0 Å². The second-order valence-corrected chi connectivity index (χ2v) is 3.75. The molecule has 0 aliphatic heterocycles. The van der Waals surface area contributed by atoms with E-state index >= 15 is 0 Å². The fourth-order valence-corrected chi connectivity index (χ4v) is 1.91. The van der Waals surface area contributed by atoms with E-state index in [9.17, 15) is 4.79 Å². The van der Waals surface area contributed by atoms with Crippen molar-refractivity contribution in [3.05, 3.63) is 46.4 Å². The molecule has 76 valence electrons. The van der Waals surface area contributed by atoms with E-state index < -0.39 is 0 Å². The number of rotatable bonds is 1. The first-order chi connectivity index (χ1) is 7.24. The Bertz CT molecular complexity index is 547. The van der Waals surface area contributed by atoms with Gasteiger partial charge in [0.1, 0.15) is 0 Å². The van der Waals surface area contributed by atoms with Gasteiger partial charge in [0.2, 0.25) is 0 Å². The lowest BCUT2D eigenvalue weighted by Gasteiger charge is -2.08. The monoisotopic (exact) mass is 198 g/mol. The number of hydrogen-bond donors (Lipinski definition) is 0. The van der Waals surface area contributed by atoms with Crippen molar-refractivity contribution in [3.8, 4) is 0 Å². The van der Waals surface area contributed by atoms with E-state index in [-0.39, 0.29) is 5.78 Å². The van der Waals surface area contributed by atoms with Crippen molar-refractivity contribution in [3.63, 3.8) is 0 Å². The summed E-state index contributed by atoms with van der Waals surface area (Å²) in [6.45, 7) is 3.95. The molecule has 0 atom stereocenters. The number of allylic oxidation sites excluding steroid dienone is 2. The highest BCUT2D eigenvalue weighted by Gasteiger charge is 2.13. The highest BCUT2D eigenvalue weighted by Crippen LogP contribution is 2.10. The first kappa shape index (κ1) is 9.91. The standard InChI is InChI=1S/C14H14O/c1-3-6-12-9-11-7-4-5-8-13(11)10(2)14(12)15/h4-9H,3H2,1-2H3/b12-6-. The highest BCUT2D eigenvalue weighted by atomic mass is 16.1. The number of fused-ring (bicyclic) bond motifs is 1. The molecule has 1 aromatic rings. The van der Waals surface area contributed by atoms with Crippen LogP contribution in [0.2, 0.25) is 0 Å². The van der Waals surface area contributed by atoms with Crippen molar-refractivity contribution in [1.29, 1.82) is 0 Å². The van der Waals surface area contributed by atoms with Gasteiger partial charge >= 0.3 is 0 Å². The number of ketones is 1. The van der Waals surface area contributed by atoms with Crippen molar-refractivity contribution >= 4 is 17.4 Å². The zero-order valence-electron chi connectivity index (χ0n) is 9.08. The molecule has 0 spiro atoms. The predicted molar refractivity (Wildman–Crippen MR) is 62.6 cm³/mol. The molecule has 0 fully saturated rings. The van der Waals surface area contributed by atoms with Gasteiger partial charge in [-0.2, -0.15) is 0 Å². The molecule has 0 saturated carbocycles. The van der Waals surface area contributed by atoms with E-state index in [1.165, 1.54) is 0 Å². The van der Waals surface area contributed by atoms with E-state index in [0.29, 0.717) is 0 Å². The SMILES string of the molecule is CC/C=C1/C=c2ccccc2=C(C)C1=O. The Kier molecular flexibility index (Phi) is 2.55. The molecule has 0 heterocycles. The Morgan fingerprint density at radius 1 is 1.27 bits per heavy atom. The van der Waals surface area contributed by atoms with Crippen LogP contribution in [-0.2, 0) is 4.79 Å². The minimum atomic E-state index is 0.163. The zero-order valence-corrected chi connectivity index (χ0v) is 9.08. The van der Waals surface area contributed by atoms with Crippen LogP contribution in [0.3, 0.4) is 0 Å². The van der Waals surface area contributed by atoms with Crippen LogP contribution in [0, 0.1) is 0 Å². The van der Waals surface area contributed by atoms with Gasteiger partial charge in [-0.15, -0.1) is 0 Å². The molecule has 0 aromatic heterocycles. The zero-order chi connectivity index (χ0) is 10.8. The molecule has 1 aliphatic carbocycles. The van der Waals surface area contributed by atoms with Gasteiger partial charge in [-0.1, -0.05) is 37.3 Å². The van der Waals surface area contributed by atoms with E-state index in [2.05, 4.69) is 6.07 Å². The van der Waals surface area contributed by atoms with E-state index in [4.69, 9.17) is 0 Å². The fourth-order valence-electron chi connectivity index (χ4n) is 1.91. The van der Waals surface area contributed by atoms with Crippen LogP contribution < -0.4 is 10.4 Å². The normalized spacial score (nSPS) is 17.6. The molecule has 2 rings (SSSR count). The molecular formula is C14H14O. The molecule has 0 bridgehead atoms. The average molecular weight is 198 g/mol. The van der Waals surface area contributed by atoms with Gasteiger partial charge in [-0.3, -0.25) is 4.79 Å². The predicted octanol–water partition coefficient (Wildman–Crippen LogP) is 1.56. The summed E-state index contributed by atoms with van der Waals surface area (Å²) >= 11 is 0. The lowest BCUT2D eigenvalue weighted by atomic mass is 9.95. The van der Waals surface area contributed by atoms with Gasteiger partial charge in [0.25, 0.3) is 0 Å². The molecular weight excluding hydrogens is 184 g/mol. The van der Waals surface area contributed by atoms with Gasteiger partial charge < -0.3 is 0 Å². The lowest BCUT2D eigenvalue weighted by molar-refractivity contribution is -0.110. The molecule has 0 unspecified atom stereocenters. The maximum Gasteiger partial charge on any atom is 0.189 e. The summed E-state index contributed by atoms with van der Waals surface area (Å²) in [6, 6.07) is 8.02. The van der Waals surface area contributed by atoms with Crippen LogP contribution in [0.5, 0.6) is 0 Å². The molecule has 0 saturated heterocycles. The lowest BCUT2D eigenvalue weighted by Crippen LogP contribution is -2.32. The van der Waals surface area contributed by atoms with Crippen molar-refractivity contribution in [2.75, 3.05) is 0 Å². The van der Waals surface area contributed by atoms with Gasteiger partial charge in [0.05, 0.1) is 0 Å². The Labute approximate surface area is 89.4 Å². The van der Waals surface area contributed by atoms with Crippen molar-refractivity contribution in [2.45, 2.75) is 20.3 Å². The molecule has 0 radical (unpaired) electrons. The first-order valence-electron chi connectivity index (χ1n) is 5.26. The molecule has 1 aliphatic rings. The Hall–Kier alpha value is -1.63. The molecule has 0 N–H and O–H groups in total. The summed E-state index contributed by atoms with van der Waals surface area (Å²) in [5, 5.41) is 2.21. The Balaban J connectivity index is 2.78. The number of carbonyl (C=O) groups is 1. The quantitative estimate of drug-likeness (QED) is 0.626. The minimum Gasteiger partial charge on any atom is -0.289 e. The Morgan fingerprint density at radius 3 is 2.73 bits per heavy atom. The molecule has 0 amide bonds. The summed E-state index contributed by atoms with van der Waals surface area (Å²) < 4.78 is 0. The Morgan fingerprint density at radius 2 is 2.00 bits per heavy atom. The van der Waals surface area contributed by atoms with E-state index in [1.807, 2.05) is 44.2 Å². The second kappa shape index (κ2) is 3.85. The summed E-state index contributed by atoms with van der Waals surface area (Å²) in [5.74, 6) is 0.163. The van der Waals surface area contributed by atoms with Crippen LogP contribution in [0.1, 0.15) is 20.3 Å². The maximum absolute atomic E-state index is 11.9. The smallest absolute Gasteiger partial charge is 0.189 e. The fraction of sp³-hybridized carbons (Fsp3) is 0.214. The van der Waals surface area contributed by atoms with Gasteiger partial charge in [0.15, 0.2) is 5.78 Å². The molecule has 1 nitrogen and oxygen atoms in total. The number of hydrogen-bond acceptors (Lipinski definition) is 1.